The van der Waals surface area contributed by atoms with Crippen LogP contribution in [0.15, 0.2) is 72.4 Å². The van der Waals surface area contributed by atoms with Crippen molar-refractivity contribution in [2.75, 3.05) is 10.0 Å². The molecule has 0 spiro atoms. The van der Waals surface area contributed by atoms with Crippen molar-refractivity contribution in [3.05, 3.63) is 100 Å². The van der Waals surface area contributed by atoms with Crippen molar-refractivity contribution in [1.29, 1.82) is 0 Å². The predicted molar refractivity (Wildman–Crippen MR) is 156 cm³/mol. The molecule has 0 aliphatic carbocycles. The van der Waals surface area contributed by atoms with Gasteiger partial charge in [-0.15, -0.1) is 5.53 Å². The lowest BCUT2D eigenvalue weighted by atomic mass is 9.91. The van der Waals surface area contributed by atoms with Gasteiger partial charge in [-0.05, 0) is 52.8 Å². The summed E-state index contributed by atoms with van der Waals surface area (Å²) in [6, 6.07) is 24.4. The average molecular weight is 482 g/mol. The topological polar surface area (TPSA) is 18.5 Å². The Morgan fingerprint density at radius 1 is 0.500 bits per heavy atom. The highest BCUT2D eigenvalue weighted by molar-refractivity contribution is 5.89. The summed E-state index contributed by atoms with van der Waals surface area (Å²) in [5, 5.41) is 4.70. The van der Waals surface area contributed by atoms with Gasteiger partial charge in [0.2, 0.25) is 0 Å². The van der Waals surface area contributed by atoms with E-state index in [1.165, 1.54) is 50.6 Å². The molecule has 3 heteroatoms. The van der Waals surface area contributed by atoms with E-state index >= 15 is 0 Å². The lowest BCUT2D eigenvalue weighted by molar-refractivity contribution is 0.705. The largest absolute Gasteiger partial charge is 0.260 e. The molecule has 36 heavy (non-hydrogen) atoms. The fraction of sp³-hybridized carbons (Fsp3) is 0.394. The van der Waals surface area contributed by atoms with E-state index in [4.69, 9.17) is 0 Å². The number of nitrogens with zero attached hydrogens (tertiary/aromatic N) is 2. The second-order valence-corrected chi connectivity index (χ2v) is 11.3. The van der Waals surface area contributed by atoms with Gasteiger partial charge in [-0.25, -0.2) is 0 Å². The maximum atomic E-state index is 3.90. The van der Waals surface area contributed by atoms with Crippen molar-refractivity contribution in [1.82, 2.24) is 5.53 Å². The molecule has 0 radical (unpaired) electrons. The fourth-order valence-corrected chi connectivity index (χ4v) is 5.35. The van der Waals surface area contributed by atoms with Crippen LogP contribution < -0.4 is 15.6 Å². The van der Waals surface area contributed by atoms with E-state index in [1.807, 2.05) is 0 Å². The normalized spacial score (nSPS) is 14.4. The van der Waals surface area contributed by atoms with Crippen molar-refractivity contribution in [2.45, 2.75) is 86.0 Å². The molecule has 0 fully saturated rings. The van der Waals surface area contributed by atoms with Gasteiger partial charge in [0.15, 0.2) is 0 Å². The second-order valence-electron chi connectivity index (χ2n) is 11.3. The summed E-state index contributed by atoms with van der Waals surface area (Å²) in [7, 11) is 0. The van der Waals surface area contributed by atoms with Crippen molar-refractivity contribution in [3.63, 3.8) is 0 Å². The Hall–Kier alpha value is -3.04. The minimum absolute atomic E-state index is 0.404. The SMILES string of the molecule is CC1=C(c2ccccc2)N(c2c(C(C)C)cccc2C(C)C)NN1c1c(C(C)C)cccc1C(C)C. The Balaban J connectivity index is 2.02. The highest BCUT2D eigenvalue weighted by Gasteiger charge is 2.35. The molecule has 0 aromatic heterocycles. The number of hydrogen-bond acceptors (Lipinski definition) is 3. The number of hydrazine groups is 2. The molecule has 0 atom stereocenters. The van der Waals surface area contributed by atoms with Gasteiger partial charge in [0.1, 0.15) is 0 Å². The minimum Gasteiger partial charge on any atom is -0.260 e. The van der Waals surface area contributed by atoms with E-state index < -0.39 is 0 Å². The minimum atomic E-state index is 0.404. The van der Waals surface area contributed by atoms with E-state index in [-0.39, 0.29) is 0 Å². The van der Waals surface area contributed by atoms with Gasteiger partial charge in [0.05, 0.1) is 22.8 Å². The van der Waals surface area contributed by atoms with E-state index in [0.717, 1.165) is 0 Å². The zero-order valence-corrected chi connectivity index (χ0v) is 23.6. The number of rotatable bonds is 7. The number of anilines is 2. The van der Waals surface area contributed by atoms with Crippen molar-refractivity contribution in [3.8, 4) is 0 Å². The molecule has 1 N–H and O–H groups in total. The predicted octanol–water partition coefficient (Wildman–Crippen LogP) is 9.32. The van der Waals surface area contributed by atoms with Crippen LogP contribution >= 0.6 is 0 Å². The highest BCUT2D eigenvalue weighted by Crippen LogP contribution is 2.45. The summed E-state index contributed by atoms with van der Waals surface area (Å²) in [6.07, 6.45) is 0. The van der Waals surface area contributed by atoms with Crippen molar-refractivity contribution >= 4 is 17.1 Å². The van der Waals surface area contributed by atoms with Gasteiger partial charge in [0, 0.05) is 5.56 Å². The van der Waals surface area contributed by atoms with Crippen LogP contribution in [-0.2, 0) is 0 Å². The molecule has 0 saturated carbocycles. The van der Waals surface area contributed by atoms with Crippen LogP contribution in [-0.4, -0.2) is 0 Å². The molecule has 3 aromatic rings. The molecular formula is C33H43N3. The molecule has 0 amide bonds. The molecule has 0 saturated heterocycles. The number of hydrogen-bond donors (Lipinski definition) is 1. The zero-order valence-electron chi connectivity index (χ0n) is 23.6. The van der Waals surface area contributed by atoms with E-state index in [1.54, 1.807) is 0 Å². The summed E-state index contributed by atoms with van der Waals surface area (Å²) in [4.78, 5) is 0. The van der Waals surface area contributed by atoms with Crippen LogP contribution in [0.25, 0.3) is 5.70 Å². The molecule has 0 bridgehead atoms. The molecule has 1 aliphatic heterocycles. The number of allylic oxidation sites excluding steroid dienone is 1. The lowest BCUT2D eigenvalue weighted by Gasteiger charge is -2.33. The first-order valence-electron chi connectivity index (χ1n) is 13.5. The van der Waals surface area contributed by atoms with Gasteiger partial charge in [0.25, 0.3) is 0 Å². The van der Waals surface area contributed by atoms with Gasteiger partial charge < -0.3 is 0 Å². The van der Waals surface area contributed by atoms with Gasteiger partial charge >= 0.3 is 0 Å². The fourth-order valence-electron chi connectivity index (χ4n) is 5.35. The lowest BCUT2D eigenvalue weighted by Crippen LogP contribution is -2.43. The second kappa shape index (κ2) is 10.5. The first-order chi connectivity index (χ1) is 17.1. The Morgan fingerprint density at radius 3 is 1.28 bits per heavy atom. The molecule has 190 valence electrons. The zero-order chi connectivity index (χ0) is 26.1. The monoisotopic (exact) mass is 481 g/mol. The first kappa shape index (κ1) is 26.0. The van der Waals surface area contributed by atoms with E-state index in [0.29, 0.717) is 23.7 Å². The van der Waals surface area contributed by atoms with Crippen LogP contribution in [0.5, 0.6) is 0 Å². The third-order valence-corrected chi connectivity index (χ3v) is 7.28. The Bertz CT molecular complexity index is 1180. The molecule has 3 nitrogen and oxygen atoms in total. The Morgan fingerprint density at radius 2 is 0.889 bits per heavy atom. The number of para-hydroxylation sites is 2. The molecule has 1 heterocycles. The smallest absolute Gasteiger partial charge is 0.0876 e. The van der Waals surface area contributed by atoms with Crippen molar-refractivity contribution in [2.24, 2.45) is 0 Å². The molecule has 1 aliphatic rings. The molecule has 3 aromatic carbocycles. The van der Waals surface area contributed by atoms with Crippen LogP contribution in [0.4, 0.5) is 11.4 Å². The quantitative estimate of drug-likeness (QED) is 0.363. The number of benzene rings is 3. The number of nitrogens with one attached hydrogen (secondary N) is 1. The Kier molecular flexibility index (Phi) is 7.61. The summed E-state index contributed by atoms with van der Waals surface area (Å²) in [5.74, 6) is 1.63. The highest BCUT2D eigenvalue weighted by atomic mass is 15.8. The van der Waals surface area contributed by atoms with Crippen LogP contribution in [0, 0.1) is 0 Å². The summed E-state index contributed by atoms with van der Waals surface area (Å²) >= 11 is 0. The van der Waals surface area contributed by atoms with E-state index in [9.17, 15) is 0 Å². The van der Waals surface area contributed by atoms with Crippen LogP contribution in [0.3, 0.4) is 0 Å². The van der Waals surface area contributed by atoms with Gasteiger partial charge in [-0.3, -0.25) is 10.0 Å². The molecular weight excluding hydrogens is 438 g/mol. The van der Waals surface area contributed by atoms with Gasteiger partial charge in [-0.2, -0.15) is 0 Å². The van der Waals surface area contributed by atoms with Crippen LogP contribution in [0.1, 0.15) is 114 Å². The summed E-state index contributed by atoms with van der Waals surface area (Å²) in [5.41, 5.74) is 15.5. The van der Waals surface area contributed by atoms with E-state index in [2.05, 4.69) is 145 Å². The molecule has 0 unspecified atom stereocenters. The summed E-state index contributed by atoms with van der Waals surface area (Å²) in [6.45, 7) is 20.6. The van der Waals surface area contributed by atoms with Gasteiger partial charge in [-0.1, -0.05) is 122 Å². The standard InChI is InChI=1S/C33H43N3/c1-21(2)27-17-13-18-28(22(3)4)32(27)35-25(9)31(26-15-11-10-12-16-26)36(34-35)33-29(23(5)6)19-14-20-30(33)24(7)8/h10-24,34H,1-9H3. The Labute approximate surface area is 218 Å². The van der Waals surface area contributed by atoms with Crippen molar-refractivity contribution < 1.29 is 0 Å². The maximum absolute atomic E-state index is 3.90. The third-order valence-electron chi connectivity index (χ3n) is 7.28. The van der Waals surface area contributed by atoms with Crippen LogP contribution in [0.2, 0.25) is 0 Å². The maximum Gasteiger partial charge on any atom is 0.0876 e. The first-order valence-corrected chi connectivity index (χ1v) is 13.5. The third kappa shape index (κ3) is 4.69. The summed E-state index contributed by atoms with van der Waals surface area (Å²) < 4.78 is 0. The molecule has 4 rings (SSSR count). The average Bonchev–Trinajstić information content (AvgIpc) is 3.19.